The van der Waals surface area contributed by atoms with Gasteiger partial charge in [0.15, 0.2) is 17.0 Å². The second-order valence-electron chi connectivity index (χ2n) is 6.67. The number of fused-ring (bicyclic) bond motifs is 1. The second-order valence-corrected chi connectivity index (χ2v) is 6.67. The minimum absolute atomic E-state index is 0.0813. The lowest BCUT2D eigenvalue weighted by Gasteiger charge is -2.25. The number of hydrogen-bond acceptors (Lipinski definition) is 7. The molecule has 0 saturated carbocycles. The van der Waals surface area contributed by atoms with Gasteiger partial charge in [0.05, 0.1) is 18.5 Å². The Morgan fingerprint density at radius 1 is 1.32 bits per heavy atom. The van der Waals surface area contributed by atoms with Crippen molar-refractivity contribution in [3.63, 3.8) is 0 Å². The number of imidazole rings is 1. The molecular weight excluding hydrogens is 318 g/mol. The van der Waals surface area contributed by atoms with E-state index in [1.807, 2.05) is 17.8 Å². The molecule has 0 aliphatic carbocycles. The van der Waals surface area contributed by atoms with Crippen molar-refractivity contribution < 1.29 is 5.11 Å². The van der Waals surface area contributed by atoms with E-state index in [1.165, 1.54) is 0 Å². The molecule has 0 unspecified atom stereocenters. The summed E-state index contributed by atoms with van der Waals surface area (Å²) in [6.45, 7) is 8.71. The first-order chi connectivity index (χ1) is 12.1. The number of rotatable bonds is 7. The molecule has 0 spiro atoms. The van der Waals surface area contributed by atoms with Gasteiger partial charge in [0, 0.05) is 12.6 Å². The van der Waals surface area contributed by atoms with Gasteiger partial charge in [-0.25, -0.2) is 4.98 Å². The Morgan fingerprint density at radius 2 is 2.08 bits per heavy atom. The van der Waals surface area contributed by atoms with Crippen LogP contribution in [0.3, 0.4) is 0 Å². The number of piperidine rings is 1. The molecule has 3 rings (SSSR count). The maximum Gasteiger partial charge on any atom is 0.227 e. The Bertz CT molecular complexity index is 694. The number of aliphatic hydroxyl groups is 1. The molecule has 1 aliphatic heterocycles. The molecule has 8 nitrogen and oxygen atoms in total. The Labute approximate surface area is 148 Å². The number of aliphatic hydroxyl groups excluding tert-OH is 1. The molecule has 3 heterocycles. The van der Waals surface area contributed by atoms with Gasteiger partial charge in [-0.05, 0) is 46.2 Å². The number of nitrogens with one attached hydrogen (secondary N) is 3. The zero-order valence-electron chi connectivity index (χ0n) is 15.3. The van der Waals surface area contributed by atoms with E-state index in [4.69, 9.17) is 0 Å². The van der Waals surface area contributed by atoms with Crippen LogP contribution < -0.4 is 16.0 Å². The third-order valence-corrected chi connectivity index (χ3v) is 4.82. The van der Waals surface area contributed by atoms with E-state index in [2.05, 4.69) is 37.8 Å². The SMILES string of the molecule is CC[C@H](Nc1nc(NC2CCNCC2)c2ncn(CC)c2n1)[C@@H](C)O. The molecule has 2 atom stereocenters. The topological polar surface area (TPSA) is 99.9 Å². The highest BCUT2D eigenvalue weighted by atomic mass is 16.3. The monoisotopic (exact) mass is 347 g/mol. The van der Waals surface area contributed by atoms with E-state index < -0.39 is 6.10 Å². The van der Waals surface area contributed by atoms with E-state index in [0.29, 0.717) is 12.0 Å². The summed E-state index contributed by atoms with van der Waals surface area (Å²) in [6, 6.07) is 0.305. The Hall–Kier alpha value is -1.93. The summed E-state index contributed by atoms with van der Waals surface area (Å²) < 4.78 is 2.01. The highest BCUT2D eigenvalue weighted by Crippen LogP contribution is 2.23. The minimum Gasteiger partial charge on any atom is -0.391 e. The first-order valence-electron chi connectivity index (χ1n) is 9.27. The van der Waals surface area contributed by atoms with E-state index in [-0.39, 0.29) is 6.04 Å². The van der Waals surface area contributed by atoms with Gasteiger partial charge >= 0.3 is 0 Å². The highest BCUT2D eigenvalue weighted by Gasteiger charge is 2.20. The molecule has 0 radical (unpaired) electrons. The lowest BCUT2D eigenvalue weighted by molar-refractivity contribution is 0.169. The van der Waals surface area contributed by atoms with Crippen LogP contribution in [0.5, 0.6) is 0 Å². The van der Waals surface area contributed by atoms with Crippen molar-refractivity contribution in [2.24, 2.45) is 0 Å². The molecule has 1 aliphatic rings. The van der Waals surface area contributed by atoms with Crippen molar-refractivity contribution in [2.45, 2.75) is 64.8 Å². The van der Waals surface area contributed by atoms with Crippen LogP contribution in [0.2, 0.25) is 0 Å². The van der Waals surface area contributed by atoms with E-state index in [0.717, 1.165) is 55.9 Å². The summed E-state index contributed by atoms with van der Waals surface area (Å²) in [5.74, 6) is 1.30. The molecule has 4 N–H and O–H groups in total. The summed E-state index contributed by atoms with van der Waals surface area (Å²) in [7, 11) is 0. The summed E-state index contributed by atoms with van der Waals surface area (Å²) in [5, 5.41) is 20.1. The molecule has 25 heavy (non-hydrogen) atoms. The van der Waals surface area contributed by atoms with Crippen LogP contribution in [-0.2, 0) is 6.54 Å². The van der Waals surface area contributed by atoms with Gasteiger partial charge < -0.3 is 25.6 Å². The molecule has 8 heteroatoms. The standard InChI is InChI=1S/C17H29N7O/c1-4-13(11(3)25)21-17-22-15(20-12-6-8-18-9-7-12)14-16(23-17)24(5-2)10-19-14/h10-13,18,25H,4-9H2,1-3H3,(H2,20,21,22,23)/t11-,13+/m1/s1. The molecule has 0 bridgehead atoms. The fourth-order valence-corrected chi connectivity index (χ4v) is 3.23. The number of aromatic nitrogens is 4. The minimum atomic E-state index is -0.471. The maximum absolute atomic E-state index is 9.92. The maximum atomic E-state index is 9.92. The summed E-state index contributed by atoms with van der Waals surface area (Å²) in [5.41, 5.74) is 1.62. The summed E-state index contributed by atoms with van der Waals surface area (Å²) in [6.07, 6.45) is 4.26. The van der Waals surface area contributed by atoms with Crippen molar-refractivity contribution in [1.29, 1.82) is 0 Å². The van der Waals surface area contributed by atoms with Crippen LogP contribution in [0.15, 0.2) is 6.33 Å². The van der Waals surface area contributed by atoms with E-state index in [1.54, 1.807) is 6.92 Å². The van der Waals surface area contributed by atoms with Gasteiger partial charge in [-0.15, -0.1) is 0 Å². The predicted octanol–water partition coefficient (Wildman–Crippen LogP) is 1.58. The van der Waals surface area contributed by atoms with Gasteiger partial charge in [-0.3, -0.25) is 0 Å². The fraction of sp³-hybridized carbons (Fsp3) is 0.706. The van der Waals surface area contributed by atoms with Crippen LogP contribution >= 0.6 is 0 Å². The smallest absolute Gasteiger partial charge is 0.227 e. The Morgan fingerprint density at radius 3 is 2.72 bits per heavy atom. The first kappa shape index (κ1) is 17.9. The van der Waals surface area contributed by atoms with Gasteiger partial charge in [0.2, 0.25) is 5.95 Å². The number of aryl methyl sites for hydroxylation is 1. The fourth-order valence-electron chi connectivity index (χ4n) is 3.23. The number of hydrogen-bond donors (Lipinski definition) is 4. The predicted molar refractivity (Wildman–Crippen MR) is 99.9 cm³/mol. The molecule has 2 aromatic rings. The van der Waals surface area contributed by atoms with Crippen LogP contribution in [0.25, 0.3) is 11.2 Å². The average Bonchev–Trinajstić information content (AvgIpc) is 3.03. The van der Waals surface area contributed by atoms with Gasteiger partial charge in [0.1, 0.15) is 0 Å². The lowest BCUT2D eigenvalue weighted by Crippen LogP contribution is -2.36. The molecule has 0 aromatic carbocycles. The Kier molecular flexibility index (Phi) is 5.70. The second kappa shape index (κ2) is 7.97. The van der Waals surface area contributed by atoms with E-state index in [9.17, 15) is 5.11 Å². The number of anilines is 2. The molecule has 138 valence electrons. The van der Waals surface area contributed by atoms with Crippen LogP contribution in [0.1, 0.15) is 40.0 Å². The van der Waals surface area contributed by atoms with Crippen molar-refractivity contribution in [1.82, 2.24) is 24.8 Å². The van der Waals surface area contributed by atoms with Crippen LogP contribution in [-0.4, -0.2) is 55.9 Å². The van der Waals surface area contributed by atoms with Crippen molar-refractivity contribution in [3.8, 4) is 0 Å². The van der Waals surface area contributed by atoms with Crippen molar-refractivity contribution in [3.05, 3.63) is 6.33 Å². The molecule has 1 fully saturated rings. The van der Waals surface area contributed by atoms with Gasteiger partial charge in [-0.1, -0.05) is 6.92 Å². The highest BCUT2D eigenvalue weighted by molar-refractivity contribution is 5.84. The van der Waals surface area contributed by atoms with Crippen molar-refractivity contribution in [2.75, 3.05) is 23.7 Å². The van der Waals surface area contributed by atoms with Crippen LogP contribution in [0.4, 0.5) is 11.8 Å². The third kappa shape index (κ3) is 4.01. The lowest BCUT2D eigenvalue weighted by atomic mass is 10.1. The zero-order valence-corrected chi connectivity index (χ0v) is 15.3. The first-order valence-corrected chi connectivity index (χ1v) is 9.27. The summed E-state index contributed by atoms with van der Waals surface area (Å²) in [4.78, 5) is 13.8. The summed E-state index contributed by atoms with van der Waals surface area (Å²) >= 11 is 0. The number of nitrogens with zero attached hydrogens (tertiary/aromatic N) is 4. The van der Waals surface area contributed by atoms with Gasteiger partial charge in [0.25, 0.3) is 0 Å². The quantitative estimate of drug-likeness (QED) is 0.603. The third-order valence-electron chi connectivity index (χ3n) is 4.82. The van der Waals surface area contributed by atoms with Crippen LogP contribution in [0, 0.1) is 0 Å². The largest absolute Gasteiger partial charge is 0.391 e. The average molecular weight is 347 g/mol. The molecule has 2 aromatic heterocycles. The Balaban J connectivity index is 1.93. The normalized spacial score (nSPS) is 18.2. The van der Waals surface area contributed by atoms with E-state index >= 15 is 0 Å². The molecule has 0 amide bonds. The van der Waals surface area contributed by atoms with Gasteiger partial charge in [-0.2, -0.15) is 9.97 Å². The van der Waals surface area contributed by atoms with Crippen molar-refractivity contribution >= 4 is 22.9 Å². The molecular formula is C17H29N7O. The zero-order chi connectivity index (χ0) is 17.8. The molecule has 1 saturated heterocycles.